The lowest BCUT2D eigenvalue weighted by molar-refractivity contribution is 0.398. The van der Waals surface area contributed by atoms with E-state index in [-0.39, 0.29) is 0 Å². The smallest absolute Gasteiger partial charge is 0.227 e. The van der Waals surface area contributed by atoms with Crippen LogP contribution in [0.25, 0.3) is 33.8 Å². The lowest BCUT2D eigenvalue weighted by atomic mass is 10.1. The maximum atomic E-state index is 5.83. The number of rotatable bonds is 4. The second-order valence-corrected chi connectivity index (χ2v) is 5.47. The molecule has 0 unspecified atom stereocenters. The van der Waals surface area contributed by atoms with E-state index in [1.165, 1.54) is 0 Å². The molecule has 2 aromatic carbocycles. The number of pyridine rings is 1. The average Bonchev–Trinajstić information content (AvgIpc) is 3.11. The van der Waals surface area contributed by atoms with Crippen LogP contribution in [0.15, 0.2) is 65.1 Å². The van der Waals surface area contributed by atoms with Gasteiger partial charge in [-0.25, -0.2) is 9.97 Å². The Morgan fingerprint density at radius 3 is 2.52 bits per heavy atom. The maximum Gasteiger partial charge on any atom is 0.227 e. The normalized spacial score (nSPS) is 10.8. The molecule has 0 fully saturated rings. The van der Waals surface area contributed by atoms with Crippen LogP contribution in [0.5, 0.6) is 11.6 Å². The molecule has 5 nitrogen and oxygen atoms in total. The molecule has 0 atom stereocenters. The van der Waals surface area contributed by atoms with Gasteiger partial charge in [0.15, 0.2) is 5.58 Å². The molecule has 25 heavy (non-hydrogen) atoms. The zero-order valence-electron chi connectivity index (χ0n) is 13.9. The molecule has 0 spiro atoms. The molecular weight excluding hydrogens is 316 g/mol. The van der Waals surface area contributed by atoms with Crippen LogP contribution < -0.4 is 9.47 Å². The van der Waals surface area contributed by atoms with Crippen LogP contribution in [-0.2, 0) is 0 Å². The minimum Gasteiger partial charge on any atom is -0.496 e. The van der Waals surface area contributed by atoms with Crippen molar-refractivity contribution < 1.29 is 13.9 Å². The largest absolute Gasteiger partial charge is 0.496 e. The molecule has 0 saturated carbocycles. The molecule has 0 saturated heterocycles. The second kappa shape index (κ2) is 6.28. The quantitative estimate of drug-likeness (QED) is 0.548. The number of aromatic nitrogens is 2. The standard InChI is InChI=1S/C20H16N2O3/c1-23-18-12-13(20-22-16-6-3-4-8-17(16)25-20)10-11-14(18)15-7-5-9-19(21-15)24-2/h3-12H,1-2H3. The van der Waals surface area contributed by atoms with Crippen molar-refractivity contribution in [2.45, 2.75) is 0 Å². The lowest BCUT2D eigenvalue weighted by Gasteiger charge is -2.10. The number of hydrogen-bond acceptors (Lipinski definition) is 5. The van der Waals surface area contributed by atoms with Crippen LogP contribution in [0.4, 0.5) is 0 Å². The molecule has 0 aliphatic carbocycles. The van der Waals surface area contributed by atoms with Crippen molar-refractivity contribution in [3.05, 3.63) is 60.7 Å². The van der Waals surface area contributed by atoms with Crippen LogP contribution in [0.1, 0.15) is 0 Å². The Balaban J connectivity index is 1.79. The Kier molecular flexibility index (Phi) is 3.82. The third-order valence-corrected chi connectivity index (χ3v) is 3.95. The minimum atomic E-state index is 0.558. The second-order valence-electron chi connectivity index (χ2n) is 5.47. The zero-order chi connectivity index (χ0) is 17.2. The van der Waals surface area contributed by atoms with Gasteiger partial charge in [0.1, 0.15) is 11.3 Å². The first-order chi connectivity index (χ1) is 12.3. The van der Waals surface area contributed by atoms with Gasteiger partial charge >= 0.3 is 0 Å². The fourth-order valence-electron chi connectivity index (χ4n) is 2.71. The van der Waals surface area contributed by atoms with E-state index >= 15 is 0 Å². The third kappa shape index (κ3) is 2.80. The van der Waals surface area contributed by atoms with Gasteiger partial charge in [0.2, 0.25) is 11.8 Å². The number of para-hydroxylation sites is 2. The summed E-state index contributed by atoms with van der Waals surface area (Å²) in [6.07, 6.45) is 0. The van der Waals surface area contributed by atoms with E-state index in [9.17, 15) is 0 Å². The SMILES string of the molecule is COc1cccc(-c2ccc(-c3nc4ccccc4o3)cc2OC)n1. The predicted octanol–water partition coefficient (Wildman–Crippen LogP) is 4.57. The van der Waals surface area contributed by atoms with E-state index in [1.807, 2.05) is 60.7 Å². The molecule has 0 N–H and O–H groups in total. The molecule has 4 rings (SSSR count). The van der Waals surface area contributed by atoms with Crippen molar-refractivity contribution >= 4 is 11.1 Å². The van der Waals surface area contributed by atoms with E-state index < -0.39 is 0 Å². The number of nitrogens with zero attached hydrogens (tertiary/aromatic N) is 2. The van der Waals surface area contributed by atoms with Gasteiger partial charge in [-0.15, -0.1) is 0 Å². The van der Waals surface area contributed by atoms with Crippen LogP contribution in [0.2, 0.25) is 0 Å². The average molecular weight is 332 g/mol. The monoisotopic (exact) mass is 332 g/mol. The van der Waals surface area contributed by atoms with Crippen LogP contribution in [0.3, 0.4) is 0 Å². The Morgan fingerprint density at radius 2 is 1.72 bits per heavy atom. The fourth-order valence-corrected chi connectivity index (χ4v) is 2.71. The van der Waals surface area contributed by atoms with Gasteiger partial charge in [-0.05, 0) is 36.4 Å². The number of hydrogen-bond donors (Lipinski definition) is 0. The van der Waals surface area contributed by atoms with Crippen molar-refractivity contribution in [3.8, 4) is 34.3 Å². The summed E-state index contributed by atoms with van der Waals surface area (Å²) in [5, 5.41) is 0. The highest BCUT2D eigenvalue weighted by molar-refractivity contribution is 5.78. The summed E-state index contributed by atoms with van der Waals surface area (Å²) >= 11 is 0. The Morgan fingerprint density at radius 1 is 0.840 bits per heavy atom. The van der Waals surface area contributed by atoms with E-state index in [0.29, 0.717) is 17.5 Å². The summed E-state index contributed by atoms with van der Waals surface area (Å²) in [5.41, 5.74) is 4.09. The molecule has 4 aromatic rings. The van der Waals surface area contributed by atoms with Gasteiger partial charge in [-0.2, -0.15) is 0 Å². The predicted molar refractivity (Wildman–Crippen MR) is 95.8 cm³/mol. The molecule has 0 aliphatic rings. The fraction of sp³-hybridized carbons (Fsp3) is 0.100. The first-order valence-electron chi connectivity index (χ1n) is 7.84. The maximum absolute atomic E-state index is 5.83. The van der Waals surface area contributed by atoms with Gasteiger partial charge < -0.3 is 13.9 Å². The molecule has 0 aliphatic heterocycles. The van der Waals surface area contributed by atoms with Crippen molar-refractivity contribution in [1.82, 2.24) is 9.97 Å². The topological polar surface area (TPSA) is 57.4 Å². The van der Waals surface area contributed by atoms with Gasteiger partial charge in [0.05, 0.1) is 19.9 Å². The molecule has 124 valence electrons. The van der Waals surface area contributed by atoms with Crippen LogP contribution in [-0.4, -0.2) is 24.2 Å². The zero-order valence-corrected chi connectivity index (χ0v) is 13.9. The summed E-state index contributed by atoms with van der Waals surface area (Å²) in [4.78, 5) is 9.00. The van der Waals surface area contributed by atoms with Crippen LogP contribution in [0, 0.1) is 0 Å². The van der Waals surface area contributed by atoms with E-state index in [0.717, 1.165) is 27.9 Å². The van der Waals surface area contributed by atoms with Crippen molar-refractivity contribution in [1.29, 1.82) is 0 Å². The first kappa shape index (κ1) is 15.2. The number of benzene rings is 2. The Bertz CT molecular complexity index is 1010. The molecule has 0 amide bonds. The summed E-state index contributed by atoms with van der Waals surface area (Å²) < 4.78 is 16.6. The molecule has 5 heteroatoms. The molecular formula is C20H16N2O3. The minimum absolute atomic E-state index is 0.558. The Hall–Kier alpha value is -3.34. The van der Waals surface area contributed by atoms with Gasteiger partial charge in [0.25, 0.3) is 0 Å². The van der Waals surface area contributed by atoms with Crippen LogP contribution >= 0.6 is 0 Å². The number of fused-ring (bicyclic) bond motifs is 1. The lowest BCUT2D eigenvalue weighted by Crippen LogP contribution is -1.93. The Labute approximate surface area is 144 Å². The molecule has 0 radical (unpaired) electrons. The van der Waals surface area contributed by atoms with Gasteiger partial charge in [-0.3, -0.25) is 0 Å². The summed E-state index contributed by atoms with van der Waals surface area (Å²) in [5.74, 6) is 1.81. The highest BCUT2D eigenvalue weighted by Crippen LogP contribution is 2.34. The first-order valence-corrected chi connectivity index (χ1v) is 7.84. The van der Waals surface area contributed by atoms with Gasteiger partial charge in [-0.1, -0.05) is 18.2 Å². The molecule has 2 aromatic heterocycles. The van der Waals surface area contributed by atoms with E-state index in [1.54, 1.807) is 14.2 Å². The summed E-state index contributed by atoms with van der Waals surface area (Å²) in [7, 11) is 3.23. The number of oxazole rings is 1. The number of ether oxygens (including phenoxy) is 2. The van der Waals surface area contributed by atoms with Crippen molar-refractivity contribution in [2.75, 3.05) is 14.2 Å². The van der Waals surface area contributed by atoms with E-state index in [4.69, 9.17) is 13.9 Å². The summed E-state index contributed by atoms with van der Waals surface area (Å²) in [6.45, 7) is 0. The summed E-state index contributed by atoms with van der Waals surface area (Å²) in [6, 6.07) is 19.1. The highest BCUT2D eigenvalue weighted by Gasteiger charge is 2.13. The third-order valence-electron chi connectivity index (χ3n) is 3.95. The number of methoxy groups -OCH3 is 2. The molecule has 0 bridgehead atoms. The van der Waals surface area contributed by atoms with Crippen molar-refractivity contribution in [3.63, 3.8) is 0 Å². The highest BCUT2D eigenvalue weighted by atomic mass is 16.5. The van der Waals surface area contributed by atoms with Gasteiger partial charge in [0, 0.05) is 17.2 Å². The van der Waals surface area contributed by atoms with Crippen molar-refractivity contribution in [2.24, 2.45) is 0 Å². The van der Waals surface area contributed by atoms with E-state index in [2.05, 4.69) is 9.97 Å². The molecule has 2 heterocycles.